The minimum Gasteiger partial charge on any atom is -0.454 e. The van der Waals surface area contributed by atoms with Gasteiger partial charge in [0.1, 0.15) is 5.75 Å². The van der Waals surface area contributed by atoms with E-state index in [2.05, 4.69) is 13.5 Å². The lowest BCUT2D eigenvalue weighted by Crippen LogP contribution is -2.19. The summed E-state index contributed by atoms with van der Waals surface area (Å²) in [6, 6.07) is 19.9. The average molecular weight is 429 g/mol. The maximum absolute atomic E-state index is 14.2. The van der Waals surface area contributed by atoms with Crippen LogP contribution in [0.25, 0.3) is 0 Å². The molecule has 0 spiro atoms. The van der Waals surface area contributed by atoms with Gasteiger partial charge in [-0.3, -0.25) is 0 Å². The fourth-order valence-corrected chi connectivity index (χ4v) is 3.57. The molecule has 0 saturated carbocycles. The lowest BCUT2D eigenvalue weighted by molar-refractivity contribution is 0.441. The van der Waals surface area contributed by atoms with Gasteiger partial charge >= 0.3 is 0 Å². The minimum atomic E-state index is -0.371. The summed E-state index contributed by atoms with van der Waals surface area (Å²) in [5.41, 5.74) is 1.88. The molecule has 29 heavy (non-hydrogen) atoms. The highest BCUT2D eigenvalue weighted by molar-refractivity contribution is 6.42. The predicted octanol–water partition coefficient (Wildman–Crippen LogP) is 8.39. The summed E-state index contributed by atoms with van der Waals surface area (Å²) in [7, 11) is 0. The van der Waals surface area contributed by atoms with Crippen LogP contribution in [-0.4, -0.2) is 0 Å². The number of benzene rings is 3. The molecule has 1 nitrogen and oxygen atoms in total. The summed E-state index contributed by atoms with van der Waals surface area (Å²) < 4.78 is 19.8. The molecule has 0 fully saturated rings. The van der Waals surface area contributed by atoms with Crippen molar-refractivity contribution in [3.8, 4) is 11.5 Å². The van der Waals surface area contributed by atoms with Gasteiger partial charge in [0, 0.05) is 5.41 Å². The van der Waals surface area contributed by atoms with E-state index < -0.39 is 0 Å². The lowest BCUT2D eigenvalue weighted by Gasteiger charge is -2.27. The second-order valence-corrected chi connectivity index (χ2v) is 8.10. The molecule has 3 rings (SSSR count). The molecule has 1 unspecified atom stereocenters. The van der Waals surface area contributed by atoms with Gasteiger partial charge < -0.3 is 4.74 Å². The fraction of sp³-hybridized carbons (Fsp3) is 0.200. The van der Waals surface area contributed by atoms with Crippen molar-refractivity contribution in [1.82, 2.24) is 0 Å². The number of para-hydroxylation sites is 1. The quantitative estimate of drug-likeness (QED) is 0.327. The van der Waals surface area contributed by atoms with E-state index in [1.807, 2.05) is 42.5 Å². The van der Waals surface area contributed by atoms with Crippen LogP contribution in [0.1, 0.15) is 30.9 Å². The highest BCUT2D eigenvalue weighted by Crippen LogP contribution is 2.35. The van der Waals surface area contributed by atoms with Crippen molar-refractivity contribution in [2.24, 2.45) is 0 Å². The van der Waals surface area contributed by atoms with Crippen molar-refractivity contribution in [3.05, 3.63) is 106 Å². The molecule has 1 atom stereocenters. The van der Waals surface area contributed by atoms with Crippen LogP contribution in [0, 0.1) is 5.82 Å². The van der Waals surface area contributed by atoms with Crippen molar-refractivity contribution in [2.45, 2.75) is 31.6 Å². The Morgan fingerprint density at radius 3 is 2.45 bits per heavy atom. The summed E-state index contributed by atoms with van der Waals surface area (Å²) in [6.45, 7) is 6.15. The largest absolute Gasteiger partial charge is 0.454 e. The first-order valence-electron chi connectivity index (χ1n) is 9.52. The molecule has 0 bridgehead atoms. The van der Waals surface area contributed by atoms with Gasteiger partial charge in [0.2, 0.25) is 0 Å². The SMILES string of the molecule is C=CC(C)(CCCc1ccc(F)c(Oc2ccccc2)c1)c1ccc(Cl)c(Cl)c1. The molecule has 0 aliphatic carbocycles. The van der Waals surface area contributed by atoms with Crippen LogP contribution in [-0.2, 0) is 11.8 Å². The zero-order valence-corrected chi connectivity index (χ0v) is 17.8. The number of allylic oxidation sites excluding steroid dienone is 1. The first-order valence-corrected chi connectivity index (χ1v) is 10.3. The number of aryl methyl sites for hydroxylation is 1. The number of hydrogen-bond acceptors (Lipinski definition) is 1. The first kappa shape index (κ1) is 21.4. The van der Waals surface area contributed by atoms with Crippen LogP contribution in [0.5, 0.6) is 11.5 Å². The van der Waals surface area contributed by atoms with Gasteiger partial charge in [-0.1, -0.05) is 66.5 Å². The van der Waals surface area contributed by atoms with Gasteiger partial charge in [-0.05, 0) is 66.8 Å². The fourth-order valence-electron chi connectivity index (χ4n) is 3.27. The molecular weight excluding hydrogens is 406 g/mol. The molecule has 0 amide bonds. The molecule has 4 heteroatoms. The molecule has 0 aromatic heterocycles. The minimum absolute atomic E-state index is 0.225. The van der Waals surface area contributed by atoms with Gasteiger partial charge in [0.25, 0.3) is 0 Å². The summed E-state index contributed by atoms with van der Waals surface area (Å²) in [5, 5.41) is 1.08. The standard InChI is InChI=1S/C25H23Cl2FO/c1-3-25(2,19-12-13-21(26)22(27)17-19)15-7-8-18-11-14-23(28)24(16-18)29-20-9-5-4-6-10-20/h3-6,9-14,16-17H,1,7-8,15H2,2H3. The molecule has 0 heterocycles. The second kappa shape index (κ2) is 9.47. The molecule has 3 aromatic carbocycles. The van der Waals surface area contributed by atoms with Gasteiger partial charge in [-0.15, -0.1) is 6.58 Å². The van der Waals surface area contributed by atoms with E-state index in [1.165, 1.54) is 6.07 Å². The Hall–Kier alpha value is -2.29. The van der Waals surface area contributed by atoms with Gasteiger partial charge in [-0.25, -0.2) is 4.39 Å². The van der Waals surface area contributed by atoms with Crippen molar-refractivity contribution in [3.63, 3.8) is 0 Å². The zero-order chi connectivity index (χ0) is 20.9. The van der Waals surface area contributed by atoms with Crippen molar-refractivity contribution in [2.75, 3.05) is 0 Å². The topological polar surface area (TPSA) is 9.23 Å². The Bertz CT molecular complexity index is 987. The maximum atomic E-state index is 14.2. The van der Waals surface area contributed by atoms with E-state index in [0.717, 1.165) is 30.4 Å². The molecule has 150 valence electrons. The molecular formula is C25H23Cl2FO. The number of rotatable bonds is 8. The summed E-state index contributed by atoms with van der Waals surface area (Å²) in [6.07, 6.45) is 4.53. The van der Waals surface area contributed by atoms with E-state index >= 15 is 0 Å². The van der Waals surface area contributed by atoms with Crippen LogP contribution in [0.4, 0.5) is 4.39 Å². The van der Waals surface area contributed by atoms with Crippen LogP contribution < -0.4 is 4.74 Å². The molecule has 0 aliphatic heterocycles. The predicted molar refractivity (Wildman–Crippen MR) is 120 cm³/mol. The summed E-state index contributed by atoms with van der Waals surface area (Å²) in [5.74, 6) is 0.483. The van der Waals surface area contributed by atoms with Crippen molar-refractivity contribution >= 4 is 23.2 Å². The summed E-state index contributed by atoms with van der Waals surface area (Å²) >= 11 is 12.2. The van der Waals surface area contributed by atoms with E-state index in [0.29, 0.717) is 15.8 Å². The Morgan fingerprint density at radius 2 is 1.76 bits per heavy atom. The van der Waals surface area contributed by atoms with Crippen LogP contribution in [0.15, 0.2) is 79.4 Å². The smallest absolute Gasteiger partial charge is 0.165 e. The third kappa shape index (κ3) is 5.41. The molecule has 0 radical (unpaired) electrons. The Kier molecular flexibility index (Phi) is 7.00. The normalized spacial score (nSPS) is 13.0. The Labute approximate surface area is 181 Å². The zero-order valence-electron chi connectivity index (χ0n) is 16.3. The molecule has 0 N–H and O–H groups in total. The van der Waals surface area contributed by atoms with Crippen LogP contribution in [0.3, 0.4) is 0 Å². The monoisotopic (exact) mass is 428 g/mol. The average Bonchev–Trinajstić information content (AvgIpc) is 2.73. The molecule has 0 aliphatic rings. The number of ether oxygens (including phenoxy) is 1. The molecule has 3 aromatic rings. The highest BCUT2D eigenvalue weighted by Gasteiger charge is 2.23. The van der Waals surface area contributed by atoms with E-state index in [-0.39, 0.29) is 17.0 Å². The van der Waals surface area contributed by atoms with Crippen molar-refractivity contribution in [1.29, 1.82) is 0 Å². The third-order valence-corrected chi connectivity index (χ3v) is 5.90. The summed E-state index contributed by atoms with van der Waals surface area (Å²) in [4.78, 5) is 0. The number of hydrogen-bond donors (Lipinski definition) is 0. The molecule has 0 saturated heterocycles. The lowest BCUT2D eigenvalue weighted by atomic mass is 9.78. The van der Waals surface area contributed by atoms with Gasteiger partial charge in [0.15, 0.2) is 11.6 Å². The second-order valence-electron chi connectivity index (χ2n) is 7.28. The Morgan fingerprint density at radius 1 is 1.00 bits per heavy atom. The van der Waals surface area contributed by atoms with Crippen LogP contribution >= 0.6 is 23.2 Å². The number of halogens is 3. The first-order chi connectivity index (χ1) is 13.9. The van der Waals surface area contributed by atoms with E-state index in [1.54, 1.807) is 24.3 Å². The van der Waals surface area contributed by atoms with Gasteiger partial charge in [0.05, 0.1) is 10.0 Å². The third-order valence-electron chi connectivity index (χ3n) is 5.16. The van der Waals surface area contributed by atoms with E-state index in [9.17, 15) is 4.39 Å². The maximum Gasteiger partial charge on any atom is 0.165 e. The van der Waals surface area contributed by atoms with Crippen molar-refractivity contribution < 1.29 is 9.13 Å². The highest BCUT2D eigenvalue weighted by atomic mass is 35.5. The van der Waals surface area contributed by atoms with Crippen LogP contribution in [0.2, 0.25) is 10.0 Å². The van der Waals surface area contributed by atoms with E-state index in [4.69, 9.17) is 27.9 Å². The Balaban J connectivity index is 1.68. The van der Waals surface area contributed by atoms with Gasteiger partial charge in [-0.2, -0.15) is 0 Å².